The summed E-state index contributed by atoms with van der Waals surface area (Å²) < 4.78 is 10.7. The fourth-order valence-electron chi connectivity index (χ4n) is 2.00. The average molecular weight is 279 g/mol. The first kappa shape index (κ1) is 14.7. The molecule has 1 fully saturated rings. The highest BCUT2D eigenvalue weighted by molar-refractivity contribution is 5.77. The Bertz CT molecular complexity index is 428. The van der Waals surface area contributed by atoms with Gasteiger partial charge in [-0.1, -0.05) is 0 Å². The summed E-state index contributed by atoms with van der Waals surface area (Å²) in [5.74, 6) is 0.577. The van der Waals surface area contributed by atoms with Gasteiger partial charge in [0.1, 0.15) is 5.75 Å². The third-order valence-corrected chi connectivity index (χ3v) is 3.05. The molecule has 2 rings (SSSR count). The van der Waals surface area contributed by atoms with E-state index in [0.717, 1.165) is 12.1 Å². The summed E-state index contributed by atoms with van der Waals surface area (Å²) in [4.78, 5) is 17.9. The van der Waals surface area contributed by atoms with Crippen molar-refractivity contribution in [2.45, 2.75) is 19.4 Å². The first-order chi connectivity index (χ1) is 9.65. The maximum atomic E-state index is 11.9. The first-order valence-electron chi connectivity index (χ1n) is 6.84. The fraction of sp³-hybridized carbons (Fsp3) is 0.571. The molecule has 6 heteroatoms. The van der Waals surface area contributed by atoms with Crippen molar-refractivity contribution < 1.29 is 14.3 Å². The zero-order valence-corrected chi connectivity index (χ0v) is 11.7. The second kappa shape index (κ2) is 7.21. The summed E-state index contributed by atoms with van der Waals surface area (Å²) in [6.45, 7) is 4.43. The van der Waals surface area contributed by atoms with Gasteiger partial charge in [-0.05, 0) is 19.1 Å². The molecular weight excluding hydrogens is 258 g/mol. The topological polar surface area (TPSA) is 77.7 Å². The summed E-state index contributed by atoms with van der Waals surface area (Å²) in [6.07, 6.45) is 2.36. The van der Waals surface area contributed by atoms with Crippen LogP contribution in [0.25, 0.3) is 0 Å². The summed E-state index contributed by atoms with van der Waals surface area (Å²) in [6, 6.07) is 3.77. The molecule has 110 valence electrons. The van der Waals surface area contributed by atoms with Gasteiger partial charge < -0.3 is 20.1 Å². The van der Waals surface area contributed by atoms with Crippen molar-refractivity contribution in [2.75, 3.05) is 32.9 Å². The minimum atomic E-state index is -0.0204. The van der Waals surface area contributed by atoms with Crippen LogP contribution in [0.4, 0.5) is 0 Å². The van der Waals surface area contributed by atoms with E-state index < -0.39 is 0 Å². The molecule has 0 radical (unpaired) electrons. The molecular formula is C14H21N3O3. The number of pyridine rings is 1. The van der Waals surface area contributed by atoms with Crippen LogP contribution in [0, 0.1) is 0 Å². The van der Waals surface area contributed by atoms with Gasteiger partial charge in [0.25, 0.3) is 5.91 Å². The second-order valence-corrected chi connectivity index (χ2v) is 4.95. The normalized spacial score (nSPS) is 16.8. The van der Waals surface area contributed by atoms with Crippen molar-refractivity contribution in [3.05, 3.63) is 24.0 Å². The average Bonchev–Trinajstić information content (AvgIpc) is 2.46. The molecule has 6 nitrogen and oxygen atoms in total. The highest BCUT2D eigenvalue weighted by Crippen LogP contribution is 2.10. The zero-order valence-electron chi connectivity index (χ0n) is 11.7. The van der Waals surface area contributed by atoms with Crippen LogP contribution in [-0.2, 0) is 16.0 Å². The Hall–Kier alpha value is -1.66. The van der Waals surface area contributed by atoms with Gasteiger partial charge >= 0.3 is 0 Å². The molecule has 2 N–H and O–H groups in total. The Morgan fingerprint density at radius 1 is 1.50 bits per heavy atom. The molecule has 1 aromatic rings. The Labute approximate surface area is 118 Å². The van der Waals surface area contributed by atoms with E-state index in [0.29, 0.717) is 32.1 Å². The molecule has 1 aliphatic rings. The Kier molecular flexibility index (Phi) is 5.31. The monoisotopic (exact) mass is 279 g/mol. The van der Waals surface area contributed by atoms with Crippen LogP contribution in [0.5, 0.6) is 5.75 Å². The number of amides is 1. The number of rotatable bonds is 5. The van der Waals surface area contributed by atoms with Crippen molar-refractivity contribution >= 4 is 5.91 Å². The third kappa shape index (κ3) is 4.47. The van der Waals surface area contributed by atoms with E-state index in [9.17, 15) is 4.79 Å². The molecule has 2 heterocycles. The number of ether oxygens (including phenoxy) is 2. The second-order valence-electron chi connectivity index (χ2n) is 4.95. The molecule has 1 saturated heterocycles. The van der Waals surface area contributed by atoms with Crippen molar-refractivity contribution in [3.63, 3.8) is 0 Å². The molecule has 1 unspecified atom stereocenters. The lowest BCUT2D eigenvalue weighted by atomic mass is 10.2. The highest BCUT2D eigenvalue weighted by Gasteiger charge is 2.17. The Morgan fingerprint density at radius 3 is 2.85 bits per heavy atom. The maximum absolute atomic E-state index is 11.9. The molecule has 1 aliphatic heterocycles. The van der Waals surface area contributed by atoms with E-state index in [2.05, 4.69) is 4.98 Å². The highest BCUT2D eigenvalue weighted by atomic mass is 16.5. The lowest BCUT2D eigenvalue weighted by molar-refractivity contribution is -0.137. The largest absolute Gasteiger partial charge is 0.482 e. The molecule has 1 atom stereocenters. The number of hydrogen-bond acceptors (Lipinski definition) is 5. The van der Waals surface area contributed by atoms with Crippen molar-refractivity contribution in [3.8, 4) is 5.75 Å². The van der Waals surface area contributed by atoms with E-state index in [4.69, 9.17) is 15.2 Å². The number of aromatic nitrogens is 1. The van der Waals surface area contributed by atoms with E-state index in [1.165, 1.54) is 0 Å². The van der Waals surface area contributed by atoms with Gasteiger partial charge in [0.05, 0.1) is 19.4 Å². The third-order valence-electron chi connectivity index (χ3n) is 3.05. The van der Waals surface area contributed by atoms with Crippen molar-refractivity contribution in [1.82, 2.24) is 9.88 Å². The van der Waals surface area contributed by atoms with Crippen molar-refractivity contribution in [2.24, 2.45) is 5.73 Å². The lowest BCUT2D eigenvalue weighted by Gasteiger charge is -2.26. The zero-order chi connectivity index (χ0) is 14.4. The number of carbonyl (C=O) groups excluding carboxylic acids is 1. The van der Waals surface area contributed by atoms with E-state index in [-0.39, 0.29) is 18.6 Å². The van der Waals surface area contributed by atoms with Crippen LogP contribution >= 0.6 is 0 Å². The number of carbonyl (C=O) groups is 1. The van der Waals surface area contributed by atoms with Gasteiger partial charge in [0, 0.05) is 31.2 Å². The van der Waals surface area contributed by atoms with Gasteiger partial charge in [0.15, 0.2) is 6.61 Å². The van der Waals surface area contributed by atoms with E-state index >= 15 is 0 Å². The summed E-state index contributed by atoms with van der Waals surface area (Å²) in [7, 11) is 0. The molecule has 0 bridgehead atoms. The smallest absolute Gasteiger partial charge is 0.260 e. The van der Waals surface area contributed by atoms with Gasteiger partial charge in [-0.15, -0.1) is 0 Å². The minimum Gasteiger partial charge on any atom is -0.482 e. The lowest BCUT2D eigenvalue weighted by Crippen LogP contribution is -2.42. The number of nitrogens with zero attached hydrogens (tertiary/aromatic N) is 2. The van der Waals surface area contributed by atoms with Crippen LogP contribution in [-0.4, -0.2) is 54.7 Å². The quantitative estimate of drug-likeness (QED) is 0.833. The Morgan fingerprint density at radius 2 is 2.25 bits per heavy atom. The summed E-state index contributed by atoms with van der Waals surface area (Å²) in [5.41, 5.74) is 6.63. The number of hydrogen-bond donors (Lipinski definition) is 1. The van der Waals surface area contributed by atoms with E-state index in [1.54, 1.807) is 11.1 Å². The van der Waals surface area contributed by atoms with Gasteiger partial charge in [-0.25, -0.2) is 0 Å². The van der Waals surface area contributed by atoms with Crippen molar-refractivity contribution in [1.29, 1.82) is 0 Å². The summed E-state index contributed by atoms with van der Waals surface area (Å²) >= 11 is 0. The molecule has 0 aromatic carbocycles. The molecule has 20 heavy (non-hydrogen) atoms. The van der Waals surface area contributed by atoms with Crippen LogP contribution in [0.1, 0.15) is 12.6 Å². The predicted molar refractivity (Wildman–Crippen MR) is 74.5 cm³/mol. The first-order valence-corrected chi connectivity index (χ1v) is 6.84. The number of morpholine rings is 1. The maximum Gasteiger partial charge on any atom is 0.260 e. The van der Waals surface area contributed by atoms with Crippen LogP contribution in [0.15, 0.2) is 18.3 Å². The van der Waals surface area contributed by atoms with Crippen LogP contribution < -0.4 is 10.5 Å². The van der Waals surface area contributed by atoms with Gasteiger partial charge in [0.2, 0.25) is 0 Å². The number of nitrogens with two attached hydrogens (primary N) is 1. The van der Waals surface area contributed by atoms with E-state index in [1.807, 2.05) is 19.1 Å². The van der Waals surface area contributed by atoms with Crippen LogP contribution in [0.2, 0.25) is 0 Å². The molecule has 1 aromatic heterocycles. The standard InChI is InChI=1S/C14H21N3O3/c1-11(15)8-12-2-3-13(9-16-12)20-10-14(18)17-4-6-19-7-5-17/h2-3,9,11H,4-8,10,15H2,1H3. The molecule has 1 amide bonds. The molecule has 0 saturated carbocycles. The SMILES string of the molecule is CC(N)Cc1ccc(OCC(=O)N2CCOCC2)cn1. The van der Waals surface area contributed by atoms with Crippen LogP contribution in [0.3, 0.4) is 0 Å². The molecule has 0 aliphatic carbocycles. The molecule has 0 spiro atoms. The van der Waals surface area contributed by atoms with Gasteiger partial charge in [-0.3, -0.25) is 9.78 Å². The van der Waals surface area contributed by atoms with Gasteiger partial charge in [-0.2, -0.15) is 0 Å². The Balaban J connectivity index is 1.79. The minimum absolute atomic E-state index is 0.0204. The summed E-state index contributed by atoms with van der Waals surface area (Å²) in [5, 5.41) is 0. The predicted octanol–water partition coefficient (Wildman–Crippen LogP) is 0.209. The fourth-order valence-corrected chi connectivity index (χ4v) is 2.00.